The van der Waals surface area contributed by atoms with Gasteiger partial charge in [-0.3, -0.25) is 0 Å². The zero-order valence-electron chi connectivity index (χ0n) is 11.7. The van der Waals surface area contributed by atoms with E-state index >= 15 is 0 Å². The zero-order valence-corrected chi connectivity index (χ0v) is 12.7. The molecule has 0 amide bonds. The molecule has 1 heterocycles. The van der Waals surface area contributed by atoms with Crippen molar-refractivity contribution in [1.82, 2.24) is 0 Å². The molecule has 1 aromatic carbocycles. The molecule has 99 valence electrons. The van der Waals surface area contributed by atoms with Gasteiger partial charge in [0.15, 0.2) is 0 Å². The number of rotatable bonds is 3. The highest BCUT2D eigenvalue weighted by atomic mass is 28.2. The van der Waals surface area contributed by atoms with E-state index in [1.807, 2.05) is 12.2 Å². The molecule has 1 radical (unpaired) electrons. The van der Waals surface area contributed by atoms with Crippen LogP contribution in [0.2, 0.25) is 0 Å². The van der Waals surface area contributed by atoms with Gasteiger partial charge in [0.1, 0.15) is 0 Å². The molecule has 0 saturated carbocycles. The molecule has 0 N–H and O–H groups in total. The van der Waals surface area contributed by atoms with Gasteiger partial charge in [-0.15, -0.1) is 6.58 Å². The van der Waals surface area contributed by atoms with Crippen molar-refractivity contribution in [2.75, 3.05) is 0 Å². The van der Waals surface area contributed by atoms with Crippen LogP contribution in [0, 0.1) is 5.41 Å². The molecule has 0 saturated heterocycles. The van der Waals surface area contributed by atoms with Crippen LogP contribution in [-0.2, 0) is 10.8 Å². The van der Waals surface area contributed by atoms with Gasteiger partial charge in [0, 0.05) is 5.41 Å². The molecule has 2 rings (SSSR count). The number of hydrogen-bond acceptors (Lipinski definition) is 1. The van der Waals surface area contributed by atoms with Gasteiger partial charge in [0.05, 0.1) is 17.4 Å². The first-order chi connectivity index (χ1) is 9.00. The van der Waals surface area contributed by atoms with E-state index in [1.165, 1.54) is 5.56 Å². The average Bonchev–Trinajstić information content (AvgIpc) is 2.39. The molecule has 2 nitrogen and oxygen atoms in total. The van der Waals surface area contributed by atoms with Gasteiger partial charge in [0.2, 0.25) is 0 Å². The molecule has 1 aliphatic heterocycles. The smallest absolute Gasteiger partial charge is 0.424 e. The topological polar surface area (TPSA) is 20.5 Å². The minimum absolute atomic E-state index is 0.00477. The van der Waals surface area contributed by atoms with E-state index in [2.05, 4.69) is 51.6 Å². The van der Waals surface area contributed by atoms with Crippen LogP contribution in [0.15, 0.2) is 48.8 Å². The fourth-order valence-corrected chi connectivity index (χ4v) is 2.54. The Morgan fingerprint density at radius 3 is 2.53 bits per heavy atom. The second kappa shape index (κ2) is 5.57. The van der Waals surface area contributed by atoms with Crippen LogP contribution in [0.25, 0.3) is 0 Å². The van der Waals surface area contributed by atoms with Crippen molar-refractivity contribution in [3.05, 3.63) is 59.9 Å². The number of ketones is 1. The minimum Gasteiger partial charge on any atom is -0.632 e. The van der Waals surface area contributed by atoms with Crippen LogP contribution in [0.1, 0.15) is 36.0 Å². The molecule has 0 bridgehead atoms. The first-order valence-corrected chi connectivity index (χ1v) is 7.20. The van der Waals surface area contributed by atoms with Gasteiger partial charge < -0.3 is 8.54 Å². The standard InChI is InChI=1S/C16H19O2Si/c1-5-6-12-7-9-13(10-8-12)14-11-15(16(2,3)4)18-19-17-14/h5,7-11H,1,6H2,2-4H3. The predicted octanol–water partition coefficient (Wildman–Crippen LogP) is 3.63. The first kappa shape index (κ1) is 13.8. The van der Waals surface area contributed by atoms with Crippen molar-refractivity contribution in [3.63, 3.8) is 0 Å². The largest absolute Gasteiger partial charge is 0.632 e. The number of hydrogen-bond donors (Lipinski definition) is 0. The third-order valence-corrected chi connectivity index (χ3v) is 3.53. The number of carbonyl (C=O) groups excluding carboxylic acids is 1. The molecule has 0 fully saturated rings. The van der Waals surface area contributed by atoms with Gasteiger partial charge >= 0.3 is 10.0 Å². The Labute approximate surface area is 117 Å². The Balaban J connectivity index is 2.24. The quantitative estimate of drug-likeness (QED) is 0.467. The lowest BCUT2D eigenvalue weighted by molar-refractivity contribution is -0.109. The maximum atomic E-state index is 5.61. The molecule has 19 heavy (non-hydrogen) atoms. The first-order valence-electron chi connectivity index (χ1n) is 6.39. The summed E-state index contributed by atoms with van der Waals surface area (Å²) >= 11 is 0. The van der Waals surface area contributed by atoms with Gasteiger partial charge in [-0.2, -0.15) is 0 Å². The molecule has 1 aromatic rings. The van der Waals surface area contributed by atoms with Crippen LogP contribution in [0.3, 0.4) is 0 Å². The summed E-state index contributed by atoms with van der Waals surface area (Å²) in [5.74, 6) is 1.86. The summed E-state index contributed by atoms with van der Waals surface area (Å²) in [6, 6.07) is 8.38. The van der Waals surface area contributed by atoms with Crippen molar-refractivity contribution >= 4 is 15.8 Å². The van der Waals surface area contributed by atoms with Crippen LogP contribution in [0.4, 0.5) is 0 Å². The summed E-state index contributed by atoms with van der Waals surface area (Å²) in [4.78, 5) is 0. The SMILES string of the molecule is C=CCc1ccc(C2=[O+][Si-]OC(C(C)(C)C)=C2)cc1. The summed E-state index contributed by atoms with van der Waals surface area (Å²) in [6.07, 6.45) is 4.80. The van der Waals surface area contributed by atoms with E-state index in [0.29, 0.717) is 0 Å². The van der Waals surface area contributed by atoms with Gasteiger partial charge in [-0.25, -0.2) is 0 Å². The van der Waals surface area contributed by atoms with Crippen molar-refractivity contribution < 1.29 is 8.54 Å². The van der Waals surface area contributed by atoms with E-state index in [9.17, 15) is 0 Å². The lowest BCUT2D eigenvalue weighted by atomic mass is 9.92. The van der Waals surface area contributed by atoms with Crippen LogP contribution in [0.5, 0.6) is 0 Å². The molecular formula is C16H19O2Si. The van der Waals surface area contributed by atoms with Crippen LogP contribution in [-0.4, -0.2) is 15.8 Å². The monoisotopic (exact) mass is 271 g/mol. The minimum atomic E-state index is 0.00477. The van der Waals surface area contributed by atoms with Crippen molar-refractivity contribution in [2.45, 2.75) is 27.2 Å². The summed E-state index contributed by atoms with van der Waals surface area (Å²) in [6.45, 7) is 10.2. The van der Waals surface area contributed by atoms with Crippen molar-refractivity contribution in [1.29, 1.82) is 0 Å². The summed E-state index contributed by atoms with van der Waals surface area (Å²) in [5, 5.41) is 0. The van der Waals surface area contributed by atoms with Crippen LogP contribution < -0.4 is 0 Å². The Morgan fingerprint density at radius 2 is 1.95 bits per heavy atom. The molecule has 0 spiro atoms. The van der Waals surface area contributed by atoms with Gasteiger partial charge in [-0.05, 0) is 24.1 Å². The van der Waals surface area contributed by atoms with E-state index in [-0.39, 0.29) is 15.4 Å². The molecule has 0 aromatic heterocycles. The van der Waals surface area contributed by atoms with Gasteiger partial charge in [-0.1, -0.05) is 39.0 Å². The summed E-state index contributed by atoms with van der Waals surface area (Å²) in [7, 11) is 0.0375. The number of allylic oxidation sites excluding steroid dienone is 3. The fraction of sp³-hybridized carbons (Fsp3) is 0.312. The Kier molecular flexibility index (Phi) is 4.05. The van der Waals surface area contributed by atoms with E-state index < -0.39 is 0 Å². The third kappa shape index (κ3) is 3.44. The highest BCUT2D eigenvalue weighted by molar-refractivity contribution is 6.22. The highest BCUT2D eigenvalue weighted by Crippen LogP contribution is 2.28. The molecule has 3 heteroatoms. The normalized spacial score (nSPS) is 14.9. The molecule has 0 unspecified atom stereocenters. The molecular weight excluding hydrogens is 252 g/mol. The maximum Gasteiger partial charge on any atom is 0.424 e. The number of benzene rings is 1. The molecule has 0 aliphatic carbocycles. The second-order valence-electron chi connectivity index (χ2n) is 5.60. The van der Waals surface area contributed by atoms with E-state index in [0.717, 1.165) is 23.5 Å². The average molecular weight is 271 g/mol. The van der Waals surface area contributed by atoms with Crippen LogP contribution >= 0.6 is 0 Å². The predicted molar refractivity (Wildman–Crippen MR) is 79.1 cm³/mol. The van der Waals surface area contributed by atoms with E-state index in [1.54, 1.807) is 0 Å². The molecule has 0 atom stereocenters. The highest BCUT2D eigenvalue weighted by Gasteiger charge is 2.23. The van der Waals surface area contributed by atoms with Crippen molar-refractivity contribution in [3.8, 4) is 0 Å². The van der Waals surface area contributed by atoms with Crippen molar-refractivity contribution in [2.24, 2.45) is 5.41 Å². The fourth-order valence-electron chi connectivity index (χ4n) is 1.77. The third-order valence-electron chi connectivity index (χ3n) is 2.92. The summed E-state index contributed by atoms with van der Waals surface area (Å²) < 4.78 is 11.2. The second-order valence-corrected chi connectivity index (χ2v) is 6.17. The Morgan fingerprint density at radius 1 is 1.26 bits per heavy atom. The summed E-state index contributed by atoms with van der Waals surface area (Å²) in [5.41, 5.74) is 2.35. The maximum absolute atomic E-state index is 5.61. The lowest BCUT2D eigenvalue weighted by Gasteiger charge is -2.27. The molecule has 1 aliphatic rings. The lowest BCUT2D eigenvalue weighted by Crippen LogP contribution is -2.20. The van der Waals surface area contributed by atoms with E-state index in [4.69, 9.17) is 8.54 Å². The van der Waals surface area contributed by atoms with Gasteiger partial charge in [0.25, 0.3) is 5.78 Å². The Hall–Kier alpha value is -1.61. The Bertz CT molecular complexity index is 519. The zero-order chi connectivity index (χ0) is 13.9.